The van der Waals surface area contributed by atoms with Crippen LogP contribution in [0.1, 0.15) is 22.6 Å². The molecule has 0 radical (unpaired) electrons. The fourth-order valence-electron chi connectivity index (χ4n) is 4.89. The molecule has 6 aromatic rings. The molecule has 1 aliphatic heterocycles. The van der Waals surface area contributed by atoms with Crippen LogP contribution < -0.4 is 4.74 Å². The van der Waals surface area contributed by atoms with Gasteiger partial charge in [0.1, 0.15) is 11.5 Å². The first-order valence-electron chi connectivity index (χ1n) is 11.3. The van der Waals surface area contributed by atoms with Crippen LogP contribution in [0.2, 0.25) is 0 Å². The van der Waals surface area contributed by atoms with Gasteiger partial charge in [-0.15, -0.1) is 0 Å². The van der Waals surface area contributed by atoms with Gasteiger partial charge >= 0.3 is 0 Å². The molecule has 5 heteroatoms. The quantitative estimate of drug-likeness (QED) is 0.315. The summed E-state index contributed by atoms with van der Waals surface area (Å²) in [5.41, 5.74) is 6.58. The van der Waals surface area contributed by atoms with Crippen molar-refractivity contribution in [2.75, 3.05) is 0 Å². The Morgan fingerprint density at radius 2 is 1.56 bits per heavy atom. The van der Waals surface area contributed by atoms with Crippen molar-refractivity contribution >= 4 is 10.9 Å². The summed E-state index contributed by atoms with van der Waals surface area (Å²) in [6.07, 6.45) is 5.67. The van der Waals surface area contributed by atoms with Crippen LogP contribution >= 0.6 is 0 Å². The zero-order valence-electron chi connectivity index (χ0n) is 18.2. The lowest BCUT2D eigenvalue weighted by molar-refractivity contribution is 0.452. The van der Waals surface area contributed by atoms with E-state index in [1.54, 1.807) is 6.20 Å². The van der Waals surface area contributed by atoms with E-state index in [1.165, 1.54) is 5.56 Å². The zero-order valence-corrected chi connectivity index (χ0v) is 18.2. The van der Waals surface area contributed by atoms with Gasteiger partial charge in [0.05, 0.1) is 23.1 Å². The summed E-state index contributed by atoms with van der Waals surface area (Å²) in [5.74, 6) is 1.78. The Morgan fingerprint density at radius 1 is 0.676 bits per heavy atom. The van der Waals surface area contributed by atoms with Gasteiger partial charge in [0.25, 0.3) is 0 Å². The van der Waals surface area contributed by atoms with Crippen LogP contribution in [0.3, 0.4) is 0 Å². The second-order valence-electron chi connectivity index (χ2n) is 8.46. The lowest BCUT2D eigenvalue weighted by Gasteiger charge is -2.29. The number of para-hydroxylation sites is 2. The van der Waals surface area contributed by atoms with E-state index in [2.05, 4.69) is 76.9 Å². The minimum absolute atomic E-state index is 0.0252. The van der Waals surface area contributed by atoms with Crippen LogP contribution in [-0.4, -0.2) is 19.6 Å². The van der Waals surface area contributed by atoms with Crippen LogP contribution in [0, 0.1) is 0 Å². The third-order valence-electron chi connectivity index (χ3n) is 6.45. The summed E-state index contributed by atoms with van der Waals surface area (Å²) in [7, 11) is 0. The number of rotatable bonds is 3. The second-order valence-corrected chi connectivity index (χ2v) is 8.46. The van der Waals surface area contributed by atoms with Gasteiger partial charge in [0.2, 0.25) is 0 Å². The van der Waals surface area contributed by atoms with E-state index in [9.17, 15) is 0 Å². The van der Waals surface area contributed by atoms with Gasteiger partial charge in [0, 0.05) is 34.8 Å². The molecule has 0 aliphatic carbocycles. The maximum absolute atomic E-state index is 6.34. The van der Waals surface area contributed by atoms with Crippen LogP contribution in [0.25, 0.3) is 22.3 Å². The molecule has 0 spiro atoms. The predicted molar refractivity (Wildman–Crippen MR) is 132 cm³/mol. The summed E-state index contributed by atoms with van der Waals surface area (Å²) in [6.45, 7) is 0. The summed E-state index contributed by atoms with van der Waals surface area (Å²) < 4.78 is 10.2. The monoisotopic (exact) mass is 440 g/mol. The Balaban J connectivity index is 1.42. The second kappa shape index (κ2) is 7.46. The van der Waals surface area contributed by atoms with Gasteiger partial charge in [-0.25, -0.2) is 9.36 Å². The van der Waals surface area contributed by atoms with E-state index in [0.29, 0.717) is 0 Å². The third kappa shape index (κ3) is 2.94. The Morgan fingerprint density at radius 3 is 2.50 bits per heavy atom. The molecule has 162 valence electrons. The van der Waals surface area contributed by atoms with Crippen molar-refractivity contribution < 1.29 is 4.74 Å². The average Bonchev–Trinajstić information content (AvgIpc) is 3.58. The molecule has 7 rings (SSSR count). The fraction of sp³-hybridized carbons (Fsp3) is 0.0345. The van der Waals surface area contributed by atoms with Gasteiger partial charge in [-0.1, -0.05) is 48.5 Å². The first-order valence-corrected chi connectivity index (χ1v) is 11.3. The highest BCUT2D eigenvalue weighted by Crippen LogP contribution is 2.48. The lowest BCUT2D eigenvalue weighted by atomic mass is 9.82. The number of ether oxygens (including phenoxy) is 1. The predicted octanol–water partition coefficient (Wildman–Crippen LogP) is 6.50. The summed E-state index contributed by atoms with van der Waals surface area (Å²) in [4.78, 5) is 0. The molecule has 4 aromatic carbocycles. The number of aromatic nitrogens is 4. The highest BCUT2D eigenvalue weighted by atomic mass is 16.5. The molecular formula is C29H20N4O. The highest BCUT2D eigenvalue weighted by molar-refractivity contribution is 5.80. The number of nitrogens with zero attached hydrogens (tertiary/aromatic N) is 4. The summed E-state index contributed by atoms with van der Waals surface area (Å²) in [6, 6.07) is 33.4. The number of hydrogen-bond acceptors (Lipinski definition) is 3. The number of benzene rings is 4. The Labute approximate surface area is 196 Å². The SMILES string of the molecule is c1cc(C2c3ccccc3Oc3ccc(-n4ncc5ccccc54)cc32)cc(-n2cccn2)c1. The molecule has 3 heterocycles. The number of hydrogen-bond donors (Lipinski definition) is 0. The van der Waals surface area contributed by atoms with E-state index < -0.39 is 0 Å². The Kier molecular flexibility index (Phi) is 4.14. The third-order valence-corrected chi connectivity index (χ3v) is 6.45. The van der Waals surface area contributed by atoms with Crippen molar-refractivity contribution in [2.24, 2.45) is 0 Å². The minimum Gasteiger partial charge on any atom is -0.457 e. The largest absolute Gasteiger partial charge is 0.457 e. The standard InChI is InChI=1S/C29H20N4O/c1-3-11-26-21(7-1)19-31-33(26)23-13-14-28-25(18-23)29(24-10-2-4-12-27(24)34-28)20-8-5-9-22(17-20)32-16-6-15-30-32/h1-19,29H. The molecule has 1 unspecified atom stereocenters. The summed E-state index contributed by atoms with van der Waals surface area (Å²) >= 11 is 0. The zero-order chi connectivity index (χ0) is 22.5. The molecule has 34 heavy (non-hydrogen) atoms. The van der Waals surface area contributed by atoms with Crippen molar-refractivity contribution in [1.29, 1.82) is 0 Å². The van der Waals surface area contributed by atoms with Crippen LogP contribution in [-0.2, 0) is 0 Å². The van der Waals surface area contributed by atoms with Crippen LogP contribution in [0.15, 0.2) is 116 Å². The fourth-order valence-corrected chi connectivity index (χ4v) is 4.89. The first kappa shape index (κ1) is 18.9. The summed E-state index contributed by atoms with van der Waals surface area (Å²) in [5, 5.41) is 10.2. The van der Waals surface area contributed by atoms with E-state index >= 15 is 0 Å². The highest BCUT2D eigenvalue weighted by Gasteiger charge is 2.29. The number of fused-ring (bicyclic) bond motifs is 3. The van der Waals surface area contributed by atoms with Crippen LogP contribution in [0.5, 0.6) is 11.5 Å². The van der Waals surface area contributed by atoms with Crippen molar-refractivity contribution in [1.82, 2.24) is 19.6 Å². The molecule has 0 fully saturated rings. The van der Waals surface area contributed by atoms with E-state index in [-0.39, 0.29) is 5.92 Å². The van der Waals surface area contributed by atoms with Gasteiger partial charge in [-0.3, -0.25) is 0 Å². The topological polar surface area (TPSA) is 44.9 Å². The van der Waals surface area contributed by atoms with Gasteiger partial charge in [-0.05, 0) is 54.1 Å². The van der Waals surface area contributed by atoms with E-state index in [4.69, 9.17) is 4.74 Å². The molecule has 0 N–H and O–H groups in total. The lowest BCUT2D eigenvalue weighted by Crippen LogP contribution is -2.13. The van der Waals surface area contributed by atoms with Crippen molar-refractivity contribution in [2.45, 2.75) is 5.92 Å². The molecular weight excluding hydrogens is 420 g/mol. The molecule has 0 saturated heterocycles. The molecule has 2 aromatic heterocycles. The molecule has 0 bridgehead atoms. The average molecular weight is 441 g/mol. The molecule has 5 nitrogen and oxygen atoms in total. The molecule has 0 saturated carbocycles. The smallest absolute Gasteiger partial charge is 0.131 e. The Hall–Kier alpha value is -4.64. The Bertz CT molecular complexity index is 1650. The molecule has 0 amide bonds. The first-order chi connectivity index (χ1) is 16.8. The van der Waals surface area contributed by atoms with E-state index in [0.717, 1.165) is 44.9 Å². The minimum atomic E-state index is 0.0252. The van der Waals surface area contributed by atoms with Gasteiger partial charge in [0.15, 0.2) is 0 Å². The normalized spacial score (nSPS) is 14.4. The molecule has 1 aliphatic rings. The maximum Gasteiger partial charge on any atom is 0.131 e. The van der Waals surface area contributed by atoms with Gasteiger partial charge in [-0.2, -0.15) is 10.2 Å². The van der Waals surface area contributed by atoms with Crippen molar-refractivity contribution in [3.8, 4) is 22.9 Å². The maximum atomic E-state index is 6.34. The molecule has 1 atom stereocenters. The van der Waals surface area contributed by atoms with E-state index in [1.807, 2.05) is 52.1 Å². The van der Waals surface area contributed by atoms with Crippen LogP contribution in [0.4, 0.5) is 0 Å². The van der Waals surface area contributed by atoms with Crippen molar-refractivity contribution in [3.05, 3.63) is 132 Å². The van der Waals surface area contributed by atoms with Gasteiger partial charge < -0.3 is 4.74 Å². The van der Waals surface area contributed by atoms with Crippen molar-refractivity contribution in [3.63, 3.8) is 0 Å².